The molecule has 0 saturated carbocycles. The molecule has 6 atom stereocenters. The number of fused-ring (bicyclic) bond motifs is 2. The first-order chi connectivity index (χ1) is 17.4. The van der Waals surface area contributed by atoms with Crippen LogP contribution >= 0.6 is 0 Å². The van der Waals surface area contributed by atoms with Crippen LogP contribution in [-0.2, 0) is 6.54 Å². The van der Waals surface area contributed by atoms with Gasteiger partial charge in [0.2, 0.25) is 0 Å². The van der Waals surface area contributed by atoms with Gasteiger partial charge in [-0.15, -0.1) is 0 Å². The molecule has 0 spiro atoms. The molecule has 0 saturated heterocycles. The summed E-state index contributed by atoms with van der Waals surface area (Å²) in [7, 11) is 0. The van der Waals surface area contributed by atoms with Crippen molar-refractivity contribution in [1.82, 2.24) is 19.5 Å². The topological polar surface area (TPSA) is 263 Å². The van der Waals surface area contributed by atoms with Crippen LogP contribution in [0, 0.1) is 13.8 Å². The predicted octanol–water partition coefficient (Wildman–Crippen LogP) is -4.67. The average Bonchev–Trinajstić information content (AvgIpc) is 2.88. The smallest absolute Gasteiger partial charge is 0.349 e. The number of aliphatic hydroxyl groups excluding tert-OH is 9. The third-order valence-corrected chi connectivity index (χ3v) is 5.73. The van der Waals surface area contributed by atoms with Crippen LogP contribution in [0.2, 0.25) is 0 Å². The highest BCUT2D eigenvalue weighted by molar-refractivity contribution is 5.81. The number of aryl methyl sites for hydroxylation is 2. The zero-order chi connectivity index (χ0) is 28.0. The summed E-state index contributed by atoms with van der Waals surface area (Å²) < 4.78 is 1.40. The number of hydrogen-bond acceptors (Lipinski definition) is 13. The first kappa shape index (κ1) is 30.4. The van der Waals surface area contributed by atoms with Gasteiger partial charge in [0.1, 0.15) is 36.6 Å². The molecular formula is C22H32N4O11. The number of aromatic nitrogens is 4. The second-order valence-corrected chi connectivity index (χ2v) is 8.49. The molecule has 1 aromatic rings. The van der Waals surface area contributed by atoms with Crippen molar-refractivity contribution in [2.45, 2.75) is 57.0 Å². The van der Waals surface area contributed by atoms with Crippen molar-refractivity contribution in [2.24, 2.45) is 0 Å². The highest BCUT2D eigenvalue weighted by Crippen LogP contribution is 2.24. The van der Waals surface area contributed by atoms with Gasteiger partial charge < -0.3 is 50.5 Å². The van der Waals surface area contributed by atoms with E-state index in [1.54, 1.807) is 12.1 Å². The molecule has 1 unspecified atom stereocenters. The van der Waals surface area contributed by atoms with Gasteiger partial charge in [0, 0.05) is 0 Å². The summed E-state index contributed by atoms with van der Waals surface area (Å²) in [6, 6.07) is 3.53. The van der Waals surface area contributed by atoms with Crippen LogP contribution in [0.4, 0.5) is 0 Å². The predicted molar refractivity (Wildman–Crippen MR) is 128 cm³/mol. The van der Waals surface area contributed by atoms with Crippen LogP contribution in [0.3, 0.4) is 0 Å². The zero-order valence-corrected chi connectivity index (χ0v) is 20.1. The fourth-order valence-corrected chi connectivity index (χ4v) is 3.37. The molecule has 2 aliphatic heterocycles. The van der Waals surface area contributed by atoms with E-state index < -0.39 is 67.7 Å². The van der Waals surface area contributed by atoms with Crippen molar-refractivity contribution >= 4 is 11.0 Å². The van der Waals surface area contributed by atoms with Crippen LogP contribution in [0.25, 0.3) is 22.6 Å². The van der Waals surface area contributed by atoms with E-state index in [2.05, 4.69) is 15.0 Å². The van der Waals surface area contributed by atoms with Crippen molar-refractivity contribution in [2.75, 3.05) is 19.8 Å². The Kier molecular flexibility index (Phi) is 10.7. The molecule has 206 valence electrons. The lowest BCUT2D eigenvalue weighted by molar-refractivity contribution is -0.0900. The minimum absolute atomic E-state index is 0.0516. The minimum atomic E-state index is -1.64. The molecule has 0 bridgehead atoms. The molecule has 37 heavy (non-hydrogen) atoms. The van der Waals surface area contributed by atoms with Crippen LogP contribution in [0.5, 0.6) is 0 Å². The molecule has 10 N–H and O–H groups in total. The van der Waals surface area contributed by atoms with Crippen LogP contribution in [0.1, 0.15) is 11.1 Å². The standard InChI is InChI=1S/C17H20N4O6.C5H12O5/c1-7-3-9-10(4-8(7)2)21(5-11(23)14(25)12(24)6-22)15-13(18-9)16(26)20-17(27)19-15;6-1-3(8)5(10)4(9)2-7/h3-4,11-12,14,22-25H,5-6H2,1-2H3,(H,20,26,27);3-10H,1-2H2/t11-,12+,14-;3-,4+,5?/m0./s1. The number of rotatable bonds is 9. The van der Waals surface area contributed by atoms with Crippen LogP contribution in [-0.4, -0.2) is 122 Å². The van der Waals surface area contributed by atoms with Gasteiger partial charge in [0.25, 0.3) is 5.56 Å². The number of aromatic amines is 1. The van der Waals surface area contributed by atoms with Gasteiger partial charge in [0.15, 0.2) is 11.5 Å². The van der Waals surface area contributed by atoms with Crippen molar-refractivity contribution in [3.05, 3.63) is 44.1 Å². The highest BCUT2D eigenvalue weighted by Gasteiger charge is 2.27. The summed E-state index contributed by atoms with van der Waals surface area (Å²) in [5.74, 6) is -0.0516. The fraction of sp³-hybridized carbons (Fsp3) is 0.545. The lowest BCUT2D eigenvalue weighted by Gasteiger charge is -2.25. The van der Waals surface area contributed by atoms with Crippen molar-refractivity contribution in [3.8, 4) is 11.5 Å². The molecular weight excluding hydrogens is 496 g/mol. The molecule has 0 radical (unpaired) electrons. The molecule has 0 aromatic heterocycles. The Labute approximate surface area is 209 Å². The van der Waals surface area contributed by atoms with Gasteiger partial charge in [-0.25, -0.2) is 9.78 Å². The third-order valence-electron chi connectivity index (χ3n) is 5.73. The third kappa shape index (κ3) is 7.13. The summed E-state index contributed by atoms with van der Waals surface area (Å²) in [5, 5.41) is 81.4. The van der Waals surface area contributed by atoms with Gasteiger partial charge in [-0.05, 0) is 37.1 Å². The maximum Gasteiger partial charge on any atom is 0.349 e. The Morgan fingerprint density at radius 1 is 0.784 bits per heavy atom. The molecule has 0 fully saturated rings. The molecule has 3 rings (SSSR count). The highest BCUT2D eigenvalue weighted by atomic mass is 16.4. The quantitative estimate of drug-likeness (QED) is 0.117. The van der Waals surface area contributed by atoms with Crippen molar-refractivity contribution in [3.63, 3.8) is 0 Å². The Bertz CT molecular complexity index is 1250. The lowest BCUT2D eigenvalue weighted by Crippen LogP contribution is -2.42. The molecule has 1 aromatic carbocycles. The number of nitrogens with one attached hydrogen (secondary N) is 1. The largest absolute Gasteiger partial charge is 0.394 e. The van der Waals surface area contributed by atoms with E-state index in [0.717, 1.165) is 11.1 Å². The monoisotopic (exact) mass is 528 g/mol. The van der Waals surface area contributed by atoms with Crippen molar-refractivity contribution in [1.29, 1.82) is 0 Å². The maximum absolute atomic E-state index is 12.2. The van der Waals surface area contributed by atoms with Crippen LogP contribution in [0.15, 0.2) is 21.7 Å². The van der Waals surface area contributed by atoms with Gasteiger partial charge >= 0.3 is 5.69 Å². The Hall–Kier alpha value is -2.86. The molecule has 2 aliphatic rings. The summed E-state index contributed by atoms with van der Waals surface area (Å²) >= 11 is 0. The van der Waals surface area contributed by atoms with Gasteiger partial charge in [-0.1, -0.05) is 0 Å². The second-order valence-electron chi connectivity index (χ2n) is 8.49. The number of aliphatic hydroxyl groups is 9. The Balaban J connectivity index is 0.000000410. The fourth-order valence-electron chi connectivity index (χ4n) is 3.37. The minimum Gasteiger partial charge on any atom is -0.394 e. The molecule has 15 nitrogen and oxygen atoms in total. The summed E-state index contributed by atoms with van der Waals surface area (Å²) in [5.41, 5.74) is 1.11. The van der Waals surface area contributed by atoms with E-state index in [9.17, 15) is 24.9 Å². The number of nitrogens with zero attached hydrogens (tertiary/aromatic N) is 3. The number of H-pyrrole nitrogens is 1. The number of benzene rings is 1. The summed E-state index contributed by atoms with van der Waals surface area (Å²) in [6.07, 6.45) is -8.97. The normalized spacial score (nSPS) is 16.5. The van der Waals surface area contributed by atoms with Gasteiger partial charge in [-0.3, -0.25) is 9.78 Å². The molecule has 0 amide bonds. The van der Waals surface area contributed by atoms with E-state index in [0.29, 0.717) is 11.0 Å². The molecule has 15 heteroatoms. The van der Waals surface area contributed by atoms with Crippen molar-refractivity contribution < 1.29 is 46.0 Å². The second kappa shape index (κ2) is 13.1. The van der Waals surface area contributed by atoms with E-state index >= 15 is 0 Å². The van der Waals surface area contributed by atoms with E-state index in [4.69, 9.17) is 30.6 Å². The van der Waals surface area contributed by atoms with E-state index in [-0.39, 0.29) is 18.1 Å². The zero-order valence-electron chi connectivity index (χ0n) is 20.1. The molecule has 0 aliphatic carbocycles. The summed E-state index contributed by atoms with van der Waals surface area (Å²) in [4.78, 5) is 34.0. The first-order valence-corrected chi connectivity index (χ1v) is 11.2. The molecule has 2 heterocycles. The number of hydrogen-bond donors (Lipinski definition) is 10. The summed E-state index contributed by atoms with van der Waals surface area (Å²) in [6.45, 7) is 1.45. The van der Waals surface area contributed by atoms with E-state index in [1.807, 2.05) is 13.8 Å². The average molecular weight is 529 g/mol. The maximum atomic E-state index is 12.2. The first-order valence-electron chi connectivity index (χ1n) is 11.2. The van der Waals surface area contributed by atoms with Crippen LogP contribution < -0.4 is 11.2 Å². The van der Waals surface area contributed by atoms with E-state index in [1.165, 1.54) is 4.57 Å². The Morgan fingerprint density at radius 2 is 1.27 bits per heavy atom. The van der Waals surface area contributed by atoms with Gasteiger partial charge in [0.05, 0.1) is 37.4 Å². The Morgan fingerprint density at radius 3 is 1.78 bits per heavy atom. The lowest BCUT2D eigenvalue weighted by atomic mass is 10.1. The SMILES string of the molecule is Cc1cc2nc3c(=O)[nH]c(=O)nc-3n(C[C@H](O)[C@H](O)[C@H](O)CO)c2cc1C.OC[C@@H](O)C(O)[C@@H](O)CO. The van der Waals surface area contributed by atoms with Gasteiger partial charge in [-0.2, -0.15) is 4.98 Å².